The van der Waals surface area contributed by atoms with Crippen molar-refractivity contribution in [3.05, 3.63) is 60.2 Å². The Hall–Kier alpha value is -2.80. The number of carbonyl (C=O) groups excluding carboxylic acids is 1. The van der Waals surface area contributed by atoms with Gasteiger partial charge in [0.15, 0.2) is 11.0 Å². The van der Waals surface area contributed by atoms with Gasteiger partial charge >= 0.3 is 0 Å². The normalized spacial score (nSPS) is 10.7. The lowest BCUT2D eigenvalue weighted by Gasteiger charge is -2.12. The van der Waals surface area contributed by atoms with E-state index in [-0.39, 0.29) is 11.7 Å². The zero-order valence-electron chi connectivity index (χ0n) is 14.5. The van der Waals surface area contributed by atoms with E-state index in [0.717, 1.165) is 17.7 Å². The summed E-state index contributed by atoms with van der Waals surface area (Å²) in [5.74, 6) is 1.22. The summed E-state index contributed by atoms with van der Waals surface area (Å²) in [6, 6.07) is 17.9. The van der Waals surface area contributed by atoms with Crippen LogP contribution in [0.15, 0.2) is 59.8 Å². The van der Waals surface area contributed by atoms with Crippen molar-refractivity contribution in [2.75, 3.05) is 12.9 Å². The lowest BCUT2D eigenvalue weighted by Crippen LogP contribution is -2.14. The lowest BCUT2D eigenvalue weighted by atomic mass is 10.1. The number of nitrogens with zero attached hydrogens (tertiary/aromatic N) is 3. The topological polar surface area (TPSA) is 83.0 Å². The minimum atomic E-state index is -0.383. The molecule has 2 aromatic carbocycles. The Labute approximate surface area is 156 Å². The van der Waals surface area contributed by atoms with Crippen LogP contribution in [0.5, 0.6) is 5.75 Å². The zero-order valence-corrected chi connectivity index (χ0v) is 15.3. The van der Waals surface area contributed by atoms with E-state index in [1.165, 1.54) is 17.3 Å². The summed E-state index contributed by atoms with van der Waals surface area (Å²) >= 11 is 1.29. The van der Waals surface area contributed by atoms with Gasteiger partial charge in [-0.1, -0.05) is 54.2 Å². The van der Waals surface area contributed by atoms with Gasteiger partial charge in [0.1, 0.15) is 5.75 Å². The first-order valence-corrected chi connectivity index (χ1v) is 9.19. The van der Waals surface area contributed by atoms with Gasteiger partial charge in [-0.05, 0) is 24.1 Å². The number of aryl methyl sites for hydroxylation is 1. The first kappa shape index (κ1) is 18.0. The minimum absolute atomic E-state index is 0.162. The summed E-state index contributed by atoms with van der Waals surface area (Å²) in [5, 5.41) is 9.28. The summed E-state index contributed by atoms with van der Waals surface area (Å²) in [5.41, 5.74) is 7.36. The van der Waals surface area contributed by atoms with Crippen molar-refractivity contribution in [3.63, 3.8) is 0 Å². The smallest absolute Gasteiger partial charge is 0.227 e. The largest absolute Gasteiger partial charge is 0.496 e. The van der Waals surface area contributed by atoms with E-state index in [0.29, 0.717) is 17.5 Å². The molecule has 0 aliphatic carbocycles. The molecule has 0 fully saturated rings. The number of para-hydroxylation sites is 1. The highest BCUT2D eigenvalue weighted by atomic mass is 32.2. The van der Waals surface area contributed by atoms with Gasteiger partial charge in [0.25, 0.3) is 0 Å². The van der Waals surface area contributed by atoms with E-state index >= 15 is 0 Å². The van der Waals surface area contributed by atoms with Crippen LogP contribution >= 0.6 is 11.8 Å². The average Bonchev–Trinajstić information content (AvgIpc) is 3.08. The number of nitrogens with two attached hydrogens (primary N) is 1. The van der Waals surface area contributed by atoms with Crippen LogP contribution in [0, 0.1) is 0 Å². The summed E-state index contributed by atoms with van der Waals surface area (Å²) in [6.45, 7) is 0.686. The number of amides is 1. The molecule has 2 N–H and O–H groups in total. The molecule has 0 bridgehead atoms. The lowest BCUT2D eigenvalue weighted by molar-refractivity contribution is -0.115. The van der Waals surface area contributed by atoms with Gasteiger partial charge in [-0.25, -0.2) is 0 Å². The van der Waals surface area contributed by atoms with Crippen molar-refractivity contribution >= 4 is 17.7 Å². The SMILES string of the molecule is COc1ccccc1-c1nnc(SCC(N)=O)n1CCc1ccccc1. The quantitative estimate of drug-likeness (QED) is 0.618. The molecule has 0 saturated heterocycles. The van der Waals surface area contributed by atoms with E-state index in [9.17, 15) is 4.79 Å². The van der Waals surface area contributed by atoms with Crippen LogP contribution in [0.4, 0.5) is 0 Å². The highest BCUT2D eigenvalue weighted by Crippen LogP contribution is 2.31. The van der Waals surface area contributed by atoms with Gasteiger partial charge in [0, 0.05) is 6.54 Å². The number of aromatic nitrogens is 3. The molecule has 3 rings (SSSR count). The molecule has 134 valence electrons. The number of primary amides is 1. The number of carbonyl (C=O) groups is 1. The molecule has 3 aromatic rings. The number of thioether (sulfide) groups is 1. The van der Waals surface area contributed by atoms with Gasteiger partial charge in [0.05, 0.1) is 18.4 Å². The van der Waals surface area contributed by atoms with Crippen molar-refractivity contribution in [2.45, 2.75) is 18.1 Å². The standard InChI is InChI=1S/C19H20N4O2S/c1-25-16-10-6-5-9-15(16)18-21-22-19(26-13-17(20)24)23(18)12-11-14-7-3-2-4-8-14/h2-10H,11-13H2,1H3,(H2,20,24). The van der Waals surface area contributed by atoms with Gasteiger partial charge in [0.2, 0.25) is 5.91 Å². The fourth-order valence-electron chi connectivity index (χ4n) is 2.65. The fraction of sp³-hybridized carbons (Fsp3) is 0.211. The molecule has 7 heteroatoms. The summed E-state index contributed by atoms with van der Waals surface area (Å²) in [7, 11) is 1.63. The van der Waals surface area contributed by atoms with Crippen LogP contribution < -0.4 is 10.5 Å². The second kappa shape index (κ2) is 8.53. The van der Waals surface area contributed by atoms with E-state index in [2.05, 4.69) is 22.3 Å². The monoisotopic (exact) mass is 368 g/mol. The van der Waals surface area contributed by atoms with Crippen LogP contribution in [0.25, 0.3) is 11.4 Å². The van der Waals surface area contributed by atoms with Gasteiger partial charge in [-0.2, -0.15) is 0 Å². The predicted octanol–water partition coefficient (Wildman–Crippen LogP) is 2.77. The van der Waals surface area contributed by atoms with E-state index in [4.69, 9.17) is 10.5 Å². The highest BCUT2D eigenvalue weighted by Gasteiger charge is 2.17. The third-order valence-corrected chi connectivity index (χ3v) is 4.86. The van der Waals surface area contributed by atoms with E-state index < -0.39 is 0 Å². The molecule has 0 atom stereocenters. The molecule has 6 nitrogen and oxygen atoms in total. The first-order chi connectivity index (χ1) is 12.7. The van der Waals surface area contributed by atoms with Crippen molar-refractivity contribution < 1.29 is 9.53 Å². The van der Waals surface area contributed by atoms with Crippen molar-refractivity contribution in [3.8, 4) is 17.1 Å². The molecule has 1 aromatic heterocycles. The number of rotatable bonds is 8. The molecule has 0 aliphatic rings. The Bertz CT molecular complexity index is 880. The molecule has 26 heavy (non-hydrogen) atoms. The van der Waals surface area contributed by atoms with Crippen LogP contribution in [-0.2, 0) is 17.8 Å². The zero-order chi connectivity index (χ0) is 18.4. The molecular weight excluding hydrogens is 348 g/mol. The van der Waals surface area contributed by atoms with Crippen molar-refractivity contribution in [2.24, 2.45) is 5.73 Å². The second-order valence-corrected chi connectivity index (χ2v) is 6.59. The van der Waals surface area contributed by atoms with Crippen molar-refractivity contribution in [1.82, 2.24) is 14.8 Å². The van der Waals surface area contributed by atoms with Crippen LogP contribution in [0.3, 0.4) is 0 Å². The number of methoxy groups -OCH3 is 1. The van der Waals surface area contributed by atoms with Crippen LogP contribution in [-0.4, -0.2) is 33.5 Å². The fourth-order valence-corrected chi connectivity index (χ4v) is 3.35. The third-order valence-electron chi connectivity index (χ3n) is 3.88. The van der Waals surface area contributed by atoms with E-state index in [1.807, 2.05) is 47.0 Å². The highest BCUT2D eigenvalue weighted by molar-refractivity contribution is 7.99. The molecule has 1 heterocycles. The predicted molar refractivity (Wildman–Crippen MR) is 102 cm³/mol. The molecule has 0 radical (unpaired) electrons. The Morgan fingerprint density at radius 2 is 1.85 bits per heavy atom. The Morgan fingerprint density at radius 1 is 1.12 bits per heavy atom. The first-order valence-electron chi connectivity index (χ1n) is 8.20. The third kappa shape index (κ3) is 4.23. The molecule has 0 unspecified atom stereocenters. The maximum atomic E-state index is 11.2. The van der Waals surface area contributed by atoms with Crippen LogP contribution in [0.2, 0.25) is 0 Å². The maximum absolute atomic E-state index is 11.2. The van der Waals surface area contributed by atoms with E-state index in [1.54, 1.807) is 7.11 Å². The van der Waals surface area contributed by atoms with Gasteiger partial charge < -0.3 is 15.0 Å². The molecular formula is C19H20N4O2S. The van der Waals surface area contributed by atoms with Crippen LogP contribution in [0.1, 0.15) is 5.56 Å². The number of hydrogen-bond acceptors (Lipinski definition) is 5. The van der Waals surface area contributed by atoms with Gasteiger partial charge in [-0.3, -0.25) is 4.79 Å². The Morgan fingerprint density at radius 3 is 2.58 bits per heavy atom. The number of hydrogen-bond donors (Lipinski definition) is 1. The van der Waals surface area contributed by atoms with Crippen molar-refractivity contribution in [1.29, 1.82) is 0 Å². The van der Waals surface area contributed by atoms with Gasteiger partial charge in [-0.15, -0.1) is 10.2 Å². The summed E-state index contributed by atoms with van der Waals surface area (Å²) in [4.78, 5) is 11.2. The number of ether oxygens (including phenoxy) is 1. The molecule has 1 amide bonds. The summed E-state index contributed by atoms with van der Waals surface area (Å²) < 4.78 is 7.48. The average molecular weight is 368 g/mol. The summed E-state index contributed by atoms with van der Waals surface area (Å²) in [6.07, 6.45) is 0.825. The molecule has 0 spiro atoms. The minimum Gasteiger partial charge on any atom is -0.496 e. The Kier molecular flexibility index (Phi) is 5.91. The maximum Gasteiger partial charge on any atom is 0.227 e. The number of benzene rings is 2. The Balaban J connectivity index is 1.94. The molecule has 0 saturated carbocycles. The second-order valence-electron chi connectivity index (χ2n) is 5.65. The molecule has 0 aliphatic heterocycles.